The summed E-state index contributed by atoms with van der Waals surface area (Å²) in [4.78, 5) is 9.11. The highest BCUT2D eigenvalue weighted by molar-refractivity contribution is 5.47. The Labute approximate surface area is 129 Å². The van der Waals surface area contributed by atoms with Crippen LogP contribution >= 0.6 is 0 Å². The average Bonchev–Trinajstić information content (AvgIpc) is 2.53. The molecule has 21 heavy (non-hydrogen) atoms. The Morgan fingerprint density at radius 1 is 1.00 bits per heavy atom. The minimum Gasteiger partial charge on any atom is -0.370 e. The summed E-state index contributed by atoms with van der Waals surface area (Å²) in [6.45, 7) is 6.25. The van der Waals surface area contributed by atoms with Gasteiger partial charge in [0.15, 0.2) is 0 Å². The molecule has 0 amide bonds. The van der Waals surface area contributed by atoms with E-state index in [1.807, 2.05) is 6.07 Å². The van der Waals surface area contributed by atoms with Gasteiger partial charge >= 0.3 is 0 Å². The maximum Gasteiger partial charge on any atom is 0.132 e. The second kappa shape index (κ2) is 8.85. The van der Waals surface area contributed by atoms with E-state index in [9.17, 15) is 0 Å². The van der Waals surface area contributed by atoms with Crippen molar-refractivity contribution in [2.24, 2.45) is 5.92 Å². The summed E-state index contributed by atoms with van der Waals surface area (Å²) in [5.41, 5.74) is 0. The van der Waals surface area contributed by atoms with Gasteiger partial charge in [0.05, 0.1) is 0 Å². The zero-order chi connectivity index (χ0) is 14.9. The third-order valence-corrected chi connectivity index (χ3v) is 4.23. The fraction of sp³-hybridized carbons (Fsp3) is 0.765. The molecule has 2 rings (SSSR count). The van der Waals surface area contributed by atoms with Crippen LogP contribution in [0.4, 0.5) is 11.6 Å². The first-order chi connectivity index (χ1) is 10.3. The molecular weight excluding hydrogens is 260 g/mol. The van der Waals surface area contributed by atoms with Crippen LogP contribution in [0.3, 0.4) is 0 Å². The maximum atomic E-state index is 4.58. The van der Waals surface area contributed by atoms with Crippen molar-refractivity contribution in [2.45, 2.75) is 65.2 Å². The van der Waals surface area contributed by atoms with Crippen LogP contribution in [0.1, 0.15) is 64.6 Å². The highest BCUT2D eigenvalue weighted by Crippen LogP contribution is 2.26. The van der Waals surface area contributed by atoms with Gasteiger partial charge in [-0.3, -0.25) is 0 Å². The predicted molar refractivity (Wildman–Crippen MR) is 89.9 cm³/mol. The van der Waals surface area contributed by atoms with Crippen molar-refractivity contribution in [1.29, 1.82) is 0 Å². The monoisotopic (exact) mass is 290 g/mol. The Hall–Kier alpha value is -1.32. The average molecular weight is 290 g/mol. The Bertz CT molecular complexity index is 413. The topological polar surface area (TPSA) is 49.8 Å². The Kier molecular flexibility index (Phi) is 6.77. The number of hydrogen-bond acceptors (Lipinski definition) is 4. The van der Waals surface area contributed by atoms with Gasteiger partial charge in [-0.1, -0.05) is 46.0 Å². The van der Waals surface area contributed by atoms with Gasteiger partial charge in [-0.2, -0.15) is 0 Å². The van der Waals surface area contributed by atoms with Crippen molar-refractivity contribution in [3.05, 3.63) is 11.9 Å². The highest BCUT2D eigenvalue weighted by Gasteiger charge is 2.13. The Balaban J connectivity index is 1.85. The van der Waals surface area contributed by atoms with Crippen LogP contribution in [0.2, 0.25) is 0 Å². The molecule has 1 aromatic heterocycles. The van der Waals surface area contributed by atoms with E-state index in [4.69, 9.17) is 0 Å². The standard InChI is InChI=1S/C17H30N4/c1-3-11-18-16-13-17(21-15(4-2)20-16)19-12-10-14-8-6-5-7-9-14/h13-14H,3-12H2,1-2H3,(H2,18,19,20,21). The number of rotatable bonds is 8. The van der Waals surface area contributed by atoms with E-state index in [1.54, 1.807) is 0 Å². The molecule has 0 bridgehead atoms. The van der Waals surface area contributed by atoms with E-state index in [-0.39, 0.29) is 0 Å². The van der Waals surface area contributed by atoms with Crippen molar-refractivity contribution in [2.75, 3.05) is 23.7 Å². The maximum absolute atomic E-state index is 4.58. The lowest BCUT2D eigenvalue weighted by Gasteiger charge is -2.21. The number of nitrogens with one attached hydrogen (secondary N) is 2. The molecule has 0 radical (unpaired) electrons. The summed E-state index contributed by atoms with van der Waals surface area (Å²) in [5, 5.41) is 6.85. The summed E-state index contributed by atoms with van der Waals surface area (Å²) >= 11 is 0. The van der Waals surface area contributed by atoms with Gasteiger partial charge in [-0.15, -0.1) is 0 Å². The van der Waals surface area contributed by atoms with Gasteiger partial charge in [-0.25, -0.2) is 9.97 Å². The first kappa shape index (κ1) is 16.1. The molecule has 0 atom stereocenters. The molecule has 0 spiro atoms. The van der Waals surface area contributed by atoms with E-state index in [0.717, 1.165) is 49.3 Å². The molecule has 1 aliphatic carbocycles. The molecule has 0 unspecified atom stereocenters. The second-order valence-electron chi connectivity index (χ2n) is 6.05. The normalized spacial score (nSPS) is 15.9. The summed E-state index contributed by atoms with van der Waals surface area (Å²) in [6.07, 6.45) is 10.3. The molecule has 0 aliphatic heterocycles. The van der Waals surface area contributed by atoms with Crippen LogP contribution in [-0.4, -0.2) is 23.1 Å². The van der Waals surface area contributed by atoms with Crippen LogP contribution in [0.15, 0.2) is 6.07 Å². The predicted octanol–water partition coefficient (Wildman–Crippen LogP) is 4.24. The molecule has 4 heteroatoms. The quantitative estimate of drug-likeness (QED) is 0.751. The van der Waals surface area contributed by atoms with Crippen molar-refractivity contribution >= 4 is 11.6 Å². The summed E-state index contributed by atoms with van der Waals surface area (Å²) in [7, 11) is 0. The summed E-state index contributed by atoms with van der Waals surface area (Å²) in [5.74, 6) is 3.74. The lowest BCUT2D eigenvalue weighted by atomic mass is 9.87. The number of anilines is 2. The molecule has 2 N–H and O–H groups in total. The fourth-order valence-electron chi connectivity index (χ4n) is 2.97. The van der Waals surface area contributed by atoms with Gasteiger partial charge in [0.1, 0.15) is 17.5 Å². The van der Waals surface area contributed by atoms with Crippen molar-refractivity contribution < 1.29 is 0 Å². The highest BCUT2D eigenvalue weighted by atomic mass is 15.1. The molecule has 0 saturated heterocycles. The smallest absolute Gasteiger partial charge is 0.132 e. The van der Waals surface area contributed by atoms with Gasteiger partial charge in [0.25, 0.3) is 0 Å². The third-order valence-electron chi connectivity index (χ3n) is 4.23. The first-order valence-electron chi connectivity index (χ1n) is 8.67. The number of aryl methyl sites for hydroxylation is 1. The number of aromatic nitrogens is 2. The summed E-state index contributed by atoms with van der Waals surface area (Å²) < 4.78 is 0. The zero-order valence-corrected chi connectivity index (χ0v) is 13.6. The molecule has 1 aliphatic rings. The van der Waals surface area contributed by atoms with Crippen LogP contribution < -0.4 is 10.6 Å². The molecule has 118 valence electrons. The molecule has 1 saturated carbocycles. The van der Waals surface area contributed by atoms with Crippen LogP contribution in [0, 0.1) is 5.92 Å². The lowest BCUT2D eigenvalue weighted by molar-refractivity contribution is 0.345. The van der Waals surface area contributed by atoms with Crippen molar-refractivity contribution in [3.8, 4) is 0 Å². The van der Waals surface area contributed by atoms with E-state index >= 15 is 0 Å². The molecule has 0 aromatic carbocycles. The minimum absolute atomic E-state index is 0.874. The van der Waals surface area contributed by atoms with E-state index in [1.165, 1.54) is 38.5 Å². The van der Waals surface area contributed by atoms with E-state index in [2.05, 4.69) is 34.4 Å². The molecule has 1 aromatic rings. The zero-order valence-electron chi connectivity index (χ0n) is 13.6. The van der Waals surface area contributed by atoms with Gasteiger partial charge in [0.2, 0.25) is 0 Å². The Morgan fingerprint density at radius 3 is 2.29 bits per heavy atom. The van der Waals surface area contributed by atoms with Gasteiger partial charge in [-0.05, 0) is 18.8 Å². The van der Waals surface area contributed by atoms with Crippen molar-refractivity contribution in [3.63, 3.8) is 0 Å². The minimum atomic E-state index is 0.874. The van der Waals surface area contributed by atoms with E-state index < -0.39 is 0 Å². The van der Waals surface area contributed by atoms with Gasteiger partial charge < -0.3 is 10.6 Å². The van der Waals surface area contributed by atoms with Crippen LogP contribution in [0.5, 0.6) is 0 Å². The summed E-state index contributed by atoms with van der Waals surface area (Å²) in [6, 6.07) is 2.04. The largest absolute Gasteiger partial charge is 0.370 e. The van der Waals surface area contributed by atoms with Crippen LogP contribution in [-0.2, 0) is 6.42 Å². The van der Waals surface area contributed by atoms with Gasteiger partial charge in [0, 0.05) is 25.6 Å². The molecular formula is C17H30N4. The van der Waals surface area contributed by atoms with Crippen molar-refractivity contribution in [1.82, 2.24) is 9.97 Å². The lowest BCUT2D eigenvalue weighted by Crippen LogP contribution is -2.14. The third kappa shape index (κ3) is 5.52. The number of hydrogen-bond donors (Lipinski definition) is 2. The molecule has 1 heterocycles. The first-order valence-corrected chi connectivity index (χ1v) is 8.67. The number of nitrogens with zero attached hydrogens (tertiary/aromatic N) is 2. The van der Waals surface area contributed by atoms with E-state index in [0.29, 0.717) is 0 Å². The fourth-order valence-corrected chi connectivity index (χ4v) is 2.97. The second-order valence-corrected chi connectivity index (χ2v) is 6.05. The molecule has 4 nitrogen and oxygen atoms in total. The molecule has 1 fully saturated rings. The van der Waals surface area contributed by atoms with Crippen LogP contribution in [0.25, 0.3) is 0 Å². The SMILES string of the molecule is CCCNc1cc(NCCC2CCCCC2)nc(CC)n1. The Morgan fingerprint density at radius 2 is 1.67 bits per heavy atom.